The molecule has 1 atom stereocenters. The molecule has 0 radical (unpaired) electrons. The molecule has 3 heterocycles. The Hall–Kier alpha value is -1.78. The fourth-order valence-corrected chi connectivity index (χ4v) is 6.47. The second-order valence-electron chi connectivity index (χ2n) is 10.3. The van der Waals surface area contributed by atoms with Crippen LogP contribution in [0, 0.1) is 0 Å². The van der Waals surface area contributed by atoms with E-state index in [2.05, 4.69) is 5.32 Å². The third-order valence-corrected chi connectivity index (χ3v) is 8.68. The summed E-state index contributed by atoms with van der Waals surface area (Å²) < 4.78 is 66.0. The quantitative estimate of drug-likeness (QED) is 0.422. The maximum absolute atomic E-state index is 14.3. The first-order valence-corrected chi connectivity index (χ1v) is 13.2. The highest BCUT2D eigenvalue weighted by atomic mass is 32.2. The Balaban J connectivity index is 2.05. The SMILES string of the molecule is CC(F)(F)CCC1=CN(S(=O)(=O)C2(C(=O)OC(C)(C)C)CCOCC2)C(C2=CCNCC2)C=C1. The van der Waals surface area contributed by atoms with Gasteiger partial charge in [-0.3, -0.25) is 9.10 Å². The van der Waals surface area contributed by atoms with Crippen molar-refractivity contribution in [1.82, 2.24) is 9.62 Å². The molecule has 0 saturated carbocycles. The minimum absolute atomic E-state index is 0.0158. The summed E-state index contributed by atoms with van der Waals surface area (Å²) in [5, 5.41) is 3.21. The number of nitrogens with zero attached hydrogens (tertiary/aromatic N) is 1. The number of hydrogen-bond donors (Lipinski definition) is 1. The van der Waals surface area contributed by atoms with E-state index in [1.807, 2.05) is 6.08 Å². The van der Waals surface area contributed by atoms with Gasteiger partial charge in [0.2, 0.25) is 5.92 Å². The average Bonchev–Trinajstić information content (AvgIpc) is 2.77. The lowest BCUT2D eigenvalue weighted by atomic mass is 9.96. The molecule has 0 bridgehead atoms. The lowest BCUT2D eigenvalue weighted by Gasteiger charge is -2.43. The molecule has 1 saturated heterocycles. The molecule has 10 heteroatoms. The minimum atomic E-state index is -4.30. The summed E-state index contributed by atoms with van der Waals surface area (Å²) in [6.45, 7) is 7.46. The van der Waals surface area contributed by atoms with Gasteiger partial charge in [0, 0.05) is 45.2 Å². The Morgan fingerprint density at radius 1 is 1.26 bits per heavy atom. The molecule has 0 amide bonds. The molecule has 1 fully saturated rings. The minimum Gasteiger partial charge on any atom is -0.459 e. The zero-order valence-corrected chi connectivity index (χ0v) is 21.2. The van der Waals surface area contributed by atoms with E-state index in [0.717, 1.165) is 12.5 Å². The van der Waals surface area contributed by atoms with Crippen LogP contribution in [0.2, 0.25) is 0 Å². The van der Waals surface area contributed by atoms with Crippen molar-refractivity contribution in [3.05, 3.63) is 35.6 Å². The van der Waals surface area contributed by atoms with Crippen LogP contribution in [0.25, 0.3) is 0 Å². The normalized spacial score (nSPS) is 23.8. The van der Waals surface area contributed by atoms with E-state index >= 15 is 0 Å². The molecular weight excluding hydrogens is 466 g/mol. The average molecular weight is 503 g/mol. The Morgan fingerprint density at radius 2 is 1.94 bits per heavy atom. The fraction of sp³-hybridized carbons (Fsp3) is 0.708. The van der Waals surface area contributed by atoms with Crippen molar-refractivity contribution in [3.8, 4) is 0 Å². The van der Waals surface area contributed by atoms with E-state index in [1.54, 1.807) is 32.9 Å². The van der Waals surface area contributed by atoms with Crippen LogP contribution in [0.15, 0.2) is 35.6 Å². The van der Waals surface area contributed by atoms with Crippen LogP contribution in [-0.2, 0) is 24.3 Å². The molecule has 7 nitrogen and oxygen atoms in total. The summed E-state index contributed by atoms with van der Waals surface area (Å²) in [5.41, 5.74) is 0.507. The van der Waals surface area contributed by atoms with Crippen LogP contribution in [0.3, 0.4) is 0 Å². The topological polar surface area (TPSA) is 84.9 Å². The number of carbonyl (C=O) groups excluding carboxylic acids is 1. The summed E-state index contributed by atoms with van der Waals surface area (Å²) in [5.74, 6) is -3.67. The number of nitrogens with one attached hydrogen (secondary N) is 1. The van der Waals surface area contributed by atoms with Gasteiger partial charge < -0.3 is 14.8 Å². The molecule has 0 aromatic heterocycles. The molecule has 3 aliphatic heterocycles. The summed E-state index contributed by atoms with van der Waals surface area (Å²) in [6.07, 6.45) is 7.01. The number of hydrogen-bond acceptors (Lipinski definition) is 6. The first-order valence-electron chi connectivity index (χ1n) is 11.8. The highest BCUT2D eigenvalue weighted by Gasteiger charge is 2.57. The van der Waals surface area contributed by atoms with E-state index in [0.29, 0.717) is 25.1 Å². The van der Waals surface area contributed by atoms with Crippen molar-refractivity contribution < 1.29 is 31.5 Å². The lowest BCUT2D eigenvalue weighted by molar-refractivity contribution is -0.161. The fourth-order valence-electron chi connectivity index (χ4n) is 4.35. The van der Waals surface area contributed by atoms with Gasteiger partial charge in [-0.2, -0.15) is 0 Å². The third-order valence-electron chi connectivity index (χ3n) is 6.23. The Labute approximate surface area is 201 Å². The van der Waals surface area contributed by atoms with Crippen molar-refractivity contribution in [2.75, 3.05) is 26.3 Å². The molecular formula is C24H36F2N2O5S. The van der Waals surface area contributed by atoms with Crippen LogP contribution in [0.5, 0.6) is 0 Å². The standard InChI is InChI=1S/C24H36F2N2O5S/c1-22(2,3)33-21(29)24(11-15-32-16-12-24)34(30,31)28-17-18(7-10-23(4,25)26)5-6-20(28)19-8-13-27-14-9-19/h5-6,8,17,20,27H,7,9-16H2,1-4H3. The highest BCUT2D eigenvalue weighted by Crippen LogP contribution is 2.39. The summed E-state index contributed by atoms with van der Waals surface area (Å²) >= 11 is 0. The van der Waals surface area contributed by atoms with Crippen molar-refractivity contribution in [2.45, 2.75) is 82.1 Å². The number of esters is 1. The lowest BCUT2D eigenvalue weighted by Crippen LogP contribution is -2.59. The van der Waals surface area contributed by atoms with E-state index in [4.69, 9.17) is 9.47 Å². The maximum Gasteiger partial charge on any atom is 0.330 e. The zero-order chi connectivity index (χ0) is 25.2. The molecule has 192 valence electrons. The first kappa shape index (κ1) is 26.8. The number of allylic oxidation sites excluding steroid dienone is 2. The van der Waals surface area contributed by atoms with Gasteiger partial charge in [-0.1, -0.05) is 18.2 Å². The van der Waals surface area contributed by atoms with Gasteiger partial charge in [-0.15, -0.1) is 0 Å². The molecule has 0 spiro atoms. The summed E-state index contributed by atoms with van der Waals surface area (Å²) in [7, 11) is -4.30. The number of alkyl halides is 2. The number of rotatable bonds is 7. The smallest absolute Gasteiger partial charge is 0.330 e. The summed E-state index contributed by atoms with van der Waals surface area (Å²) in [6, 6.07) is -0.625. The van der Waals surface area contributed by atoms with Crippen molar-refractivity contribution in [3.63, 3.8) is 0 Å². The highest BCUT2D eigenvalue weighted by molar-refractivity contribution is 7.91. The van der Waals surface area contributed by atoms with Gasteiger partial charge in [-0.25, -0.2) is 17.2 Å². The Bertz CT molecular complexity index is 955. The second-order valence-corrected chi connectivity index (χ2v) is 12.4. The van der Waals surface area contributed by atoms with Gasteiger partial charge in [-0.05, 0) is 58.2 Å². The molecule has 3 rings (SSSR count). The van der Waals surface area contributed by atoms with E-state index in [1.165, 1.54) is 10.5 Å². The molecule has 0 aromatic rings. The molecule has 0 aliphatic carbocycles. The van der Waals surface area contributed by atoms with Crippen LogP contribution < -0.4 is 5.32 Å². The first-order chi connectivity index (χ1) is 15.8. The van der Waals surface area contributed by atoms with Crippen LogP contribution in [0.1, 0.15) is 59.8 Å². The van der Waals surface area contributed by atoms with Crippen molar-refractivity contribution in [2.24, 2.45) is 0 Å². The second kappa shape index (κ2) is 10.1. The van der Waals surface area contributed by atoms with E-state index < -0.39 is 44.7 Å². The Morgan fingerprint density at radius 3 is 2.50 bits per heavy atom. The van der Waals surface area contributed by atoms with Gasteiger partial charge >= 0.3 is 5.97 Å². The predicted molar refractivity (Wildman–Crippen MR) is 126 cm³/mol. The van der Waals surface area contributed by atoms with Crippen molar-refractivity contribution in [1.29, 1.82) is 0 Å². The van der Waals surface area contributed by atoms with Gasteiger partial charge in [0.05, 0.1) is 6.04 Å². The molecule has 1 unspecified atom stereocenters. The van der Waals surface area contributed by atoms with Crippen LogP contribution in [-0.4, -0.2) is 67.3 Å². The van der Waals surface area contributed by atoms with Crippen molar-refractivity contribution >= 4 is 16.0 Å². The predicted octanol–water partition coefficient (Wildman–Crippen LogP) is 3.69. The molecule has 0 aromatic carbocycles. The van der Waals surface area contributed by atoms with Crippen LogP contribution >= 0.6 is 0 Å². The molecule has 3 aliphatic rings. The molecule has 1 N–H and O–H groups in total. The maximum atomic E-state index is 14.3. The van der Waals surface area contributed by atoms with E-state index in [9.17, 15) is 22.0 Å². The van der Waals surface area contributed by atoms with Gasteiger partial charge in [0.1, 0.15) is 5.60 Å². The number of sulfonamides is 1. The van der Waals surface area contributed by atoms with Gasteiger partial charge in [0.25, 0.3) is 10.0 Å². The van der Waals surface area contributed by atoms with E-state index in [-0.39, 0.29) is 32.5 Å². The largest absolute Gasteiger partial charge is 0.459 e. The van der Waals surface area contributed by atoms with Crippen LogP contribution in [0.4, 0.5) is 8.78 Å². The molecule has 34 heavy (non-hydrogen) atoms. The zero-order valence-electron chi connectivity index (χ0n) is 20.4. The Kier molecular flexibility index (Phi) is 7.94. The number of ether oxygens (including phenoxy) is 2. The van der Waals surface area contributed by atoms with Gasteiger partial charge in [0.15, 0.2) is 4.75 Å². The monoisotopic (exact) mass is 502 g/mol. The number of carbonyl (C=O) groups is 1. The number of halogens is 2. The third kappa shape index (κ3) is 6.07. The summed E-state index contributed by atoms with van der Waals surface area (Å²) in [4.78, 5) is 13.4.